The number of nitrogens with zero attached hydrogens (tertiary/aromatic N) is 1. The zero-order valence-corrected chi connectivity index (χ0v) is 16.6. The predicted octanol–water partition coefficient (Wildman–Crippen LogP) is 6.47. The Kier molecular flexibility index (Phi) is 4.72. The fourth-order valence-corrected chi connectivity index (χ4v) is 3.32. The molecule has 4 aromatic rings. The van der Waals surface area contributed by atoms with Crippen molar-refractivity contribution >= 4 is 50.2 Å². The molecule has 1 aromatic heterocycles. The third-order valence-electron chi connectivity index (χ3n) is 4.08. The van der Waals surface area contributed by atoms with Gasteiger partial charge in [0.05, 0.1) is 10.6 Å². The summed E-state index contributed by atoms with van der Waals surface area (Å²) in [6.45, 7) is 2.00. The summed E-state index contributed by atoms with van der Waals surface area (Å²) >= 11 is 9.49. The second-order valence-corrected chi connectivity index (χ2v) is 7.47. The van der Waals surface area contributed by atoms with E-state index in [0.29, 0.717) is 22.2 Å². The fraction of sp³-hybridized carbons (Fsp3) is 0.0476. The van der Waals surface area contributed by atoms with Gasteiger partial charge in [-0.05, 0) is 61.0 Å². The number of halogens is 2. The van der Waals surface area contributed by atoms with Gasteiger partial charge in [-0.3, -0.25) is 4.79 Å². The Morgan fingerprint density at radius 2 is 1.96 bits per heavy atom. The van der Waals surface area contributed by atoms with Crippen LogP contribution >= 0.6 is 27.5 Å². The molecule has 4 nitrogen and oxygen atoms in total. The van der Waals surface area contributed by atoms with Gasteiger partial charge in [0.1, 0.15) is 5.52 Å². The second kappa shape index (κ2) is 7.18. The molecule has 1 amide bonds. The lowest BCUT2D eigenvalue weighted by Gasteiger charge is -2.08. The van der Waals surface area contributed by atoms with Gasteiger partial charge in [-0.25, -0.2) is 4.98 Å². The average molecular weight is 442 g/mol. The highest BCUT2D eigenvalue weighted by Gasteiger charge is 2.13. The van der Waals surface area contributed by atoms with Crippen LogP contribution in [-0.4, -0.2) is 10.9 Å². The first kappa shape index (κ1) is 17.8. The third-order valence-corrected chi connectivity index (χ3v) is 4.91. The van der Waals surface area contributed by atoms with E-state index >= 15 is 0 Å². The first-order valence-electron chi connectivity index (χ1n) is 8.23. The normalized spacial score (nSPS) is 10.9. The Labute approximate surface area is 169 Å². The van der Waals surface area contributed by atoms with Gasteiger partial charge in [-0.1, -0.05) is 39.7 Å². The average Bonchev–Trinajstić information content (AvgIpc) is 3.07. The summed E-state index contributed by atoms with van der Waals surface area (Å²) in [5.41, 5.74) is 4.45. The van der Waals surface area contributed by atoms with Crippen molar-refractivity contribution in [1.82, 2.24) is 4.98 Å². The zero-order valence-electron chi connectivity index (χ0n) is 14.3. The Balaban J connectivity index is 1.63. The highest BCUT2D eigenvalue weighted by Crippen LogP contribution is 2.27. The van der Waals surface area contributed by atoms with Crippen LogP contribution in [0.25, 0.3) is 22.6 Å². The molecule has 4 rings (SSSR count). The van der Waals surface area contributed by atoms with Gasteiger partial charge in [0.2, 0.25) is 5.89 Å². The molecule has 0 spiro atoms. The van der Waals surface area contributed by atoms with Gasteiger partial charge in [-0.15, -0.1) is 0 Å². The summed E-state index contributed by atoms with van der Waals surface area (Å²) in [4.78, 5) is 17.1. The van der Waals surface area contributed by atoms with Crippen molar-refractivity contribution in [2.45, 2.75) is 6.92 Å². The van der Waals surface area contributed by atoms with E-state index in [1.807, 2.05) is 43.3 Å². The van der Waals surface area contributed by atoms with Crippen LogP contribution in [0.15, 0.2) is 69.6 Å². The summed E-state index contributed by atoms with van der Waals surface area (Å²) in [7, 11) is 0. The number of fused-ring (bicyclic) bond motifs is 1. The third kappa shape index (κ3) is 3.75. The molecule has 0 fully saturated rings. The maximum absolute atomic E-state index is 12.6. The van der Waals surface area contributed by atoms with Crippen molar-refractivity contribution in [3.63, 3.8) is 0 Å². The number of carbonyl (C=O) groups is 1. The molecule has 0 saturated carbocycles. The maximum atomic E-state index is 12.6. The van der Waals surface area contributed by atoms with E-state index in [9.17, 15) is 4.79 Å². The first-order chi connectivity index (χ1) is 13.0. The van der Waals surface area contributed by atoms with E-state index in [2.05, 4.69) is 26.2 Å². The highest BCUT2D eigenvalue weighted by atomic mass is 79.9. The van der Waals surface area contributed by atoms with Crippen molar-refractivity contribution in [2.75, 3.05) is 5.32 Å². The number of rotatable bonds is 3. The number of amides is 1. The van der Waals surface area contributed by atoms with E-state index in [-0.39, 0.29) is 5.91 Å². The highest BCUT2D eigenvalue weighted by molar-refractivity contribution is 9.10. The van der Waals surface area contributed by atoms with Crippen molar-refractivity contribution in [3.05, 3.63) is 81.3 Å². The molecule has 0 unspecified atom stereocenters. The Morgan fingerprint density at radius 1 is 1.11 bits per heavy atom. The largest absolute Gasteiger partial charge is 0.436 e. The molecule has 1 N–H and O–H groups in total. The number of anilines is 1. The van der Waals surface area contributed by atoms with Crippen molar-refractivity contribution < 1.29 is 9.21 Å². The minimum atomic E-state index is -0.286. The van der Waals surface area contributed by atoms with Crippen LogP contribution in [0, 0.1) is 6.92 Å². The van der Waals surface area contributed by atoms with Gasteiger partial charge in [0, 0.05) is 15.7 Å². The van der Waals surface area contributed by atoms with Crippen LogP contribution in [0.1, 0.15) is 15.9 Å². The van der Waals surface area contributed by atoms with E-state index < -0.39 is 0 Å². The maximum Gasteiger partial charge on any atom is 0.257 e. The monoisotopic (exact) mass is 440 g/mol. The Bertz CT molecular complexity index is 1170. The topological polar surface area (TPSA) is 55.1 Å². The molecule has 6 heteroatoms. The molecule has 0 bridgehead atoms. The quantitative estimate of drug-likeness (QED) is 0.396. The van der Waals surface area contributed by atoms with Crippen LogP contribution in [0.4, 0.5) is 5.69 Å². The molecule has 0 radical (unpaired) electrons. The van der Waals surface area contributed by atoms with Crippen LogP contribution in [0.3, 0.4) is 0 Å². The summed E-state index contributed by atoms with van der Waals surface area (Å²) in [6.07, 6.45) is 0. The molecule has 0 aliphatic heterocycles. The summed E-state index contributed by atoms with van der Waals surface area (Å²) in [6, 6.07) is 18.4. The summed E-state index contributed by atoms with van der Waals surface area (Å²) < 4.78 is 6.65. The van der Waals surface area contributed by atoms with Crippen LogP contribution in [0.5, 0.6) is 0 Å². The SMILES string of the molecule is Cc1ccc2nc(-c3cccc(NC(=O)c4cc(Br)ccc4Cl)c3)oc2c1. The lowest BCUT2D eigenvalue weighted by Crippen LogP contribution is -2.12. The molecular formula is C21H14BrClN2O2. The summed E-state index contributed by atoms with van der Waals surface area (Å²) in [5, 5.41) is 3.26. The predicted molar refractivity (Wildman–Crippen MR) is 111 cm³/mol. The molecule has 134 valence electrons. The van der Waals surface area contributed by atoms with E-state index in [1.54, 1.807) is 24.3 Å². The minimum Gasteiger partial charge on any atom is -0.436 e. The Hall–Kier alpha value is -2.63. The van der Waals surface area contributed by atoms with Gasteiger partial charge in [0.15, 0.2) is 5.58 Å². The van der Waals surface area contributed by atoms with Crippen LogP contribution in [-0.2, 0) is 0 Å². The molecular weight excluding hydrogens is 428 g/mol. The number of aryl methyl sites for hydroxylation is 1. The number of nitrogens with one attached hydrogen (secondary N) is 1. The van der Waals surface area contributed by atoms with Gasteiger partial charge >= 0.3 is 0 Å². The van der Waals surface area contributed by atoms with Gasteiger partial charge < -0.3 is 9.73 Å². The standard InChI is InChI=1S/C21H14BrClN2O2/c1-12-5-8-18-19(9-12)27-21(25-18)13-3-2-4-15(10-13)24-20(26)16-11-14(22)6-7-17(16)23/h2-11H,1H3,(H,24,26). The number of benzene rings is 3. The number of carbonyl (C=O) groups excluding carboxylic acids is 1. The second-order valence-electron chi connectivity index (χ2n) is 6.15. The van der Waals surface area contributed by atoms with Gasteiger partial charge in [0.25, 0.3) is 5.91 Å². The van der Waals surface area contributed by atoms with Crippen LogP contribution in [0.2, 0.25) is 5.02 Å². The molecule has 0 atom stereocenters. The number of hydrogen-bond acceptors (Lipinski definition) is 3. The molecule has 27 heavy (non-hydrogen) atoms. The molecule has 0 aliphatic rings. The first-order valence-corrected chi connectivity index (χ1v) is 9.41. The lowest BCUT2D eigenvalue weighted by molar-refractivity contribution is 0.102. The fourth-order valence-electron chi connectivity index (χ4n) is 2.76. The molecule has 1 heterocycles. The molecule has 0 saturated heterocycles. The molecule has 3 aromatic carbocycles. The summed E-state index contributed by atoms with van der Waals surface area (Å²) in [5.74, 6) is 0.221. The van der Waals surface area contributed by atoms with Gasteiger partial charge in [-0.2, -0.15) is 0 Å². The molecule has 0 aliphatic carbocycles. The van der Waals surface area contributed by atoms with E-state index in [1.165, 1.54) is 0 Å². The number of aromatic nitrogens is 1. The lowest BCUT2D eigenvalue weighted by atomic mass is 10.1. The Morgan fingerprint density at radius 3 is 2.81 bits per heavy atom. The zero-order chi connectivity index (χ0) is 19.0. The number of hydrogen-bond donors (Lipinski definition) is 1. The number of oxazole rings is 1. The van der Waals surface area contributed by atoms with E-state index in [0.717, 1.165) is 26.7 Å². The smallest absolute Gasteiger partial charge is 0.257 e. The minimum absolute atomic E-state index is 0.286. The van der Waals surface area contributed by atoms with Crippen molar-refractivity contribution in [3.8, 4) is 11.5 Å². The van der Waals surface area contributed by atoms with Crippen molar-refractivity contribution in [2.24, 2.45) is 0 Å². The van der Waals surface area contributed by atoms with Crippen LogP contribution < -0.4 is 5.32 Å². The van der Waals surface area contributed by atoms with E-state index in [4.69, 9.17) is 16.0 Å². The van der Waals surface area contributed by atoms with Crippen molar-refractivity contribution in [1.29, 1.82) is 0 Å².